The number of nitrogens with zero attached hydrogens (tertiary/aromatic N) is 3. The van der Waals surface area contributed by atoms with Crippen molar-refractivity contribution < 1.29 is 19.1 Å². The van der Waals surface area contributed by atoms with Crippen LogP contribution in [-0.2, 0) is 17.8 Å². The van der Waals surface area contributed by atoms with Crippen LogP contribution in [-0.4, -0.2) is 56.8 Å². The molecule has 3 rings (SSSR count). The lowest BCUT2D eigenvalue weighted by molar-refractivity contribution is -0.117. The fourth-order valence-corrected chi connectivity index (χ4v) is 4.46. The average Bonchev–Trinajstić information content (AvgIpc) is 3.43. The molecule has 6 nitrogen and oxygen atoms in total. The normalized spacial score (nSPS) is 18.9. The SMILES string of the molecule is CC(=O)Cn1nc(C(=O)N2CCC(F)(CO)CC2)c2c1CC[C@H]2C.CCCC.CCCCC(C)CC. The summed E-state index contributed by atoms with van der Waals surface area (Å²) in [5.74, 6) is 1.00. The van der Waals surface area contributed by atoms with Crippen LogP contribution in [0.25, 0.3) is 0 Å². The third-order valence-electron chi connectivity index (χ3n) is 7.46. The Morgan fingerprint density at radius 2 is 1.75 bits per heavy atom. The smallest absolute Gasteiger partial charge is 0.274 e. The van der Waals surface area contributed by atoms with Crippen LogP contribution in [0.3, 0.4) is 0 Å². The second-order valence-electron chi connectivity index (χ2n) is 10.8. The van der Waals surface area contributed by atoms with E-state index >= 15 is 0 Å². The van der Waals surface area contributed by atoms with Crippen LogP contribution in [0.15, 0.2) is 0 Å². The Labute approximate surface area is 219 Å². The zero-order valence-corrected chi connectivity index (χ0v) is 24.0. The number of fused-ring (bicyclic) bond motifs is 1. The molecule has 0 spiro atoms. The van der Waals surface area contributed by atoms with Crippen molar-refractivity contribution in [2.75, 3.05) is 19.7 Å². The minimum absolute atomic E-state index is 0.00184. The molecule has 208 valence electrons. The van der Waals surface area contributed by atoms with Crippen molar-refractivity contribution >= 4 is 11.7 Å². The molecule has 1 aliphatic heterocycles. The van der Waals surface area contributed by atoms with E-state index < -0.39 is 12.3 Å². The molecule has 0 radical (unpaired) electrons. The Morgan fingerprint density at radius 3 is 2.22 bits per heavy atom. The summed E-state index contributed by atoms with van der Waals surface area (Å²) in [6, 6.07) is 0. The monoisotopic (exact) mass is 509 g/mol. The van der Waals surface area contributed by atoms with E-state index in [0.717, 1.165) is 30.0 Å². The maximum absolute atomic E-state index is 14.1. The van der Waals surface area contributed by atoms with E-state index in [9.17, 15) is 14.0 Å². The minimum Gasteiger partial charge on any atom is -0.393 e. The van der Waals surface area contributed by atoms with Gasteiger partial charge in [-0.15, -0.1) is 0 Å². The van der Waals surface area contributed by atoms with Crippen molar-refractivity contribution in [2.45, 2.75) is 131 Å². The predicted octanol–water partition coefficient (Wildman–Crippen LogP) is 6.49. The number of piperidine rings is 1. The maximum atomic E-state index is 14.1. The van der Waals surface area contributed by atoms with Crippen LogP contribution < -0.4 is 0 Å². The molecule has 7 heteroatoms. The number of amides is 1. The van der Waals surface area contributed by atoms with Crippen molar-refractivity contribution in [1.82, 2.24) is 14.7 Å². The van der Waals surface area contributed by atoms with Crippen molar-refractivity contribution in [3.63, 3.8) is 0 Å². The van der Waals surface area contributed by atoms with Crippen LogP contribution in [0, 0.1) is 5.92 Å². The summed E-state index contributed by atoms with van der Waals surface area (Å²) < 4.78 is 15.8. The van der Waals surface area contributed by atoms with Gasteiger partial charge in [-0.2, -0.15) is 5.10 Å². The number of unbranched alkanes of at least 4 members (excludes halogenated alkanes) is 2. The largest absolute Gasteiger partial charge is 0.393 e. The number of carbonyl (C=O) groups excluding carboxylic acids is 2. The number of carbonyl (C=O) groups is 2. The fourth-order valence-electron chi connectivity index (χ4n) is 4.46. The molecule has 1 fully saturated rings. The third-order valence-corrected chi connectivity index (χ3v) is 7.46. The van der Waals surface area contributed by atoms with Crippen LogP contribution in [0.2, 0.25) is 0 Å². The predicted molar refractivity (Wildman–Crippen MR) is 145 cm³/mol. The van der Waals surface area contributed by atoms with Crippen LogP contribution in [0.4, 0.5) is 4.39 Å². The zero-order valence-electron chi connectivity index (χ0n) is 24.0. The lowest BCUT2D eigenvalue weighted by Gasteiger charge is -2.35. The molecule has 1 unspecified atom stereocenters. The van der Waals surface area contributed by atoms with E-state index in [2.05, 4.69) is 46.6 Å². The van der Waals surface area contributed by atoms with Gasteiger partial charge in [-0.1, -0.05) is 80.1 Å². The molecule has 1 aliphatic carbocycles. The number of alkyl halides is 1. The molecule has 1 N–H and O–H groups in total. The summed E-state index contributed by atoms with van der Waals surface area (Å²) in [7, 11) is 0. The molecule has 1 saturated heterocycles. The Morgan fingerprint density at radius 1 is 1.14 bits per heavy atom. The number of Topliss-reactive ketones (excluding diaryl/α,β-unsaturated/α-hetero) is 1. The van der Waals surface area contributed by atoms with Gasteiger partial charge in [0.15, 0.2) is 11.5 Å². The zero-order chi connectivity index (χ0) is 27.3. The summed E-state index contributed by atoms with van der Waals surface area (Å²) in [4.78, 5) is 26.0. The highest BCUT2D eigenvalue weighted by atomic mass is 19.1. The third kappa shape index (κ3) is 9.60. The van der Waals surface area contributed by atoms with Crippen molar-refractivity contribution in [1.29, 1.82) is 0 Å². The van der Waals surface area contributed by atoms with Gasteiger partial charge in [-0.25, -0.2) is 4.39 Å². The lowest BCUT2D eigenvalue weighted by Crippen LogP contribution is -2.46. The molecule has 2 heterocycles. The molecular weight excluding hydrogens is 457 g/mol. The van der Waals surface area contributed by atoms with E-state index in [1.54, 1.807) is 9.58 Å². The number of aliphatic hydroxyl groups excluding tert-OH is 1. The molecule has 2 aliphatic rings. The summed E-state index contributed by atoms with van der Waals surface area (Å²) in [5, 5.41) is 13.5. The molecule has 1 amide bonds. The first-order valence-corrected chi connectivity index (χ1v) is 14.2. The maximum Gasteiger partial charge on any atom is 0.274 e. The van der Waals surface area contributed by atoms with Gasteiger partial charge < -0.3 is 10.0 Å². The molecule has 1 aromatic heterocycles. The molecule has 2 atom stereocenters. The number of hydrogen-bond acceptors (Lipinski definition) is 4. The molecule has 0 bridgehead atoms. The number of halogens is 1. The highest BCUT2D eigenvalue weighted by molar-refractivity contribution is 5.94. The van der Waals surface area contributed by atoms with Crippen molar-refractivity contribution in [2.24, 2.45) is 5.92 Å². The highest BCUT2D eigenvalue weighted by Crippen LogP contribution is 2.36. The lowest BCUT2D eigenvalue weighted by atomic mass is 9.94. The van der Waals surface area contributed by atoms with E-state index in [1.807, 2.05) is 0 Å². The van der Waals surface area contributed by atoms with Crippen LogP contribution in [0.5, 0.6) is 0 Å². The first kappa shape index (κ1) is 32.3. The number of hydrogen-bond donors (Lipinski definition) is 1. The fraction of sp³-hybridized carbons (Fsp3) is 0.828. The van der Waals surface area contributed by atoms with E-state index in [4.69, 9.17) is 5.11 Å². The first-order chi connectivity index (χ1) is 17.1. The average molecular weight is 510 g/mol. The Hall–Kier alpha value is -1.76. The molecular formula is C29H52FN3O3. The summed E-state index contributed by atoms with van der Waals surface area (Å²) in [5.41, 5.74) is 0.750. The van der Waals surface area contributed by atoms with Gasteiger partial charge in [0.1, 0.15) is 5.67 Å². The molecule has 1 aromatic rings. The quantitative estimate of drug-likeness (QED) is 0.413. The second-order valence-corrected chi connectivity index (χ2v) is 10.8. The van der Waals surface area contributed by atoms with Gasteiger partial charge in [0.2, 0.25) is 0 Å². The standard InChI is InChI=1S/C17H24FN3O3.C8H18.C4H10/c1-11-3-4-13-14(11)15(19-21(13)9-12(2)23)16(24)20-7-5-17(18,10-22)6-8-20;1-4-6-7-8(3)5-2;1-3-4-2/h11,22H,3-10H2,1-2H3;8H,4-7H2,1-3H3;3-4H2,1-2H3/t11-;;/m1../s1. The number of likely N-dealkylation sites (tertiary alicyclic amines) is 1. The van der Waals surface area contributed by atoms with E-state index in [-0.39, 0.29) is 50.1 Å². The Bertz CT molecular complexity index is 798. The van der Waals surface area contributed by atoms with Gasteiger partial charge in [0.05, 0.1) is 13.2 Å². The Balaban J connectivity index is 0.000000452. The highest BCUT2D eigenvalue weighted by Gasteiger charge is 2.38. The van der Waals surface area contributed by atoms with Gasteiger partial charge in [0.25, 0.3) is 5.91 Å². The minimum atomic E-state index is -1.58. The van der Waals surface area contributed by atoms with Crippen LogP contribution in [0.1, 0.15) is 134 Å². The van der Waals surface area contributed by atoms with E-state index in [0.29, 0.717) is 5.69 Å². The second kappa shape index (κ2) is 16.2. The molecule has 0 saturated carbocycles. The van der Waals surface area contributed by atoms with Gasteiger partial charge >= 0.3 is 0 Å². The summed E-state index contributed by atoms with van der Waals surface area (Å²) in [6.07, 6.45) is 10.2. The summed E-state index contributed by atoms with van der Waals surface area (Å²) >= 11 is 0. The number of rotatable bonds is 9. The molecule has 36 heavy (non-hydrogen) atoms. The first-order valence-electron chi connectivity index (χ1n) is 14.2. The van der Waals surface area contributed by atoms with Gasteiger partial charge in [-0.3, -0.25) is 14.3 Å². The number of aliphatic hydroxyl groups is 1. The van der Waals surface area contributed by atoms with Crippen molar-refractivity contribution in [3.05, 3.63) is 17.0 Å². The van der Waals surface area contributed by atoms with E-state index in [1.165, 1.54) is 45.4 Å². The van der Waals surface area contributed by atoms with Gasteiger partial charge in [0, 0.05) is 37.2 Å². The topological polar surface area (TPSA) is 75.4 Å². The summed E-state index contributed by atoms with van der Waals surface area (Å²) in [6.45, 7) is 15.0. The van der Waals surface area contributed by atoms with Gasteiger partial charge in [-0.05, 0) is 31.6 Å². The Kier molecular flexibility index (Phi) is 14.5. The number of aromatic nitrogens is 2. The van der Waals surface area contributed by atoms with Crippen LogP contribution >= 0.6 is 0 Å². The molecule has 0 aromatic carbocycles. The van der Waals surface area contributed by atoms with Crippen molar-refractivity contribution in [3.8, 4) is 0 Å². The number of ketones is 1.